The maximum absolute atomic E-state index is 13.1. The Morgan fingerprint density at radius 2 is 2.16 bits per heavy atom. The number of thiazole rings is 1. The number of carbonyl (C=O) groups excluding carboxylic acids is 1. The van der Waals surface area contributed by atoms with Crippen molar-refractivity contribution in [3.8, 4) is 0 Å². The molecular weight excluding hydrogens is 263 g/mol. The third kappa shape index (κ3) is 3.17. The second-order valence-electron chi connectivity index (χ2n) is 4.88. The van der Waals surface area contributed by atoms with Crippen LogP contribution in [-0.2, 0) is 5.54 Å². The lowest BCUT2D eigenvalue weighted by Gasteiger charge is -2.23. The van der Waals surface area contributed by atoms with Gasteiger partial charge in [-0.3, -0.25) is 4.79 Å². The molecule has 1 aromatic heterocycles. The van der Waals surface area contributed by atoms with Crippen LogP contribution in [0.3, 0.4) is 0 Å². The SMILES string of the molecule is Cc1csc(C(C)(C)NC(=O)c2cccc(F)c2)n1. The molecule has 0 radical (unpaired) electrons. The van der Waals surface area contributed by atoms with Gasteiger partial charge < -0.3 is 5.32 Å². The molecule has 2 aromatic rings. The molecule has 5 heteroatoms. The van der Waals surface area contributed by atoms with Crippen LogP contribution in [0, 0.1) is 12.7 Å². The molecule has 0 aliphatic carbocycles. The number of aromatic nitrogens is 1. The van der Waals surface area contributed by atoms with E-state index in [4.69, 9.17) is 0 Å². The second kappa shape index (κ2) is 5.09. The molecule has 0 saturated carbocycles. The fraction of sp³-hybridized carbons (Fsp3) is 0.286. The number of hydrogen-bond acceptors (Lipinski definition) is 3. The highest BCUT2D eigenvalue weighted by Gasteiger charge is 2.26. The summed E-state index contributed by atoms with van der Waals surface area (Å²) >= 11 is 1.50. The molecule has 0 atom stereocenters. The van der Waals surface area contributed by atoms with Gasteiger partial charge in [-0.2, -0.15) is 0 Å². The fourth-order valence-electron chi connectivity index (χ4n) is 1.68. The maximum Gasteiger partial charge on any atom is 0.252 e. The quantitative estimate of drug-likeness (QED) is 0.936. The van der Waals surface area contributed by atoms with Gasteiger partial charge in [0.2, 0.25) is 0 Å². The van der Waals surface area contributed by atoms with Gasteiger partial charge in [-0.1, -0.05) is 6.07 Å². The number of carbonyl (C=O) groups is 1. The topological polar surface area (TPSA) is 42.0 Å². The summed E-state index contributed by atoms with van der Waals surface area (Å²) in [6.07, 6.45) is 0. The van der Waals surface area contributed by atoms with E-state index in [1.165, 1.54) is 29.5 Å². The van der Waals surface area contributed by atoms with E-state index in [1.807, 2.05) is 26.2 Å². The minimum Gasteiger partial charge on any atom is -0.341 e. The monoisotopic (exact) mass is 278 g/mol. The van der Waals surface area contributed by atoms with Crippen LogP contribution < -0.4 is 5.32 Å². The number of benzene rings is 1. The zero-order valence-corrected chi connectivity index (χ0v) is 11.8. The third-order valence-corrected chi connectivity index (χ3v) is 3.95. The molecule has 0 spiro atoms. The second-order valence-corrected chi connectivity index (χ2v) is 5.74. The number of amides is 1. The maximum atomic E-state index is 13.1. The Bertz CT molecular complexity index is 607. The normalized spacial score (nSPS) is 11.4. The summed E-state index contributed by atoms with van der Waals surface area (Å²) in [5.74, 6) is -0.729. The van der Waals surface area contributed by atoms with Gasteiger partial charge >= 0.3 is 0 Å². The Balaban J connectivity index is 2.18. The van der Waals surface area contributed by atoms with Crippen LogP contribution in [0.2, 0.25) is 0 Å². The van der Waals surface area contributed by atoms with Crippen molar-refractivity contribution in [3.05, 3.63) is 51.7 Å². The summed E-state index contributed by atoms with van der Waals surface area (Å²) in [5.41, 5.74) is 0.650. The highest BCUT2D eigenvalue weighted by atomic mass is 32.1. The standard InChI is InChI=1S/C14H15FN2OS/c1-9-8-19-13(16-9)14(2,3)17-12(18)10-5-4-6-11(15)7-10/h4-8H,1-3H3,(H,17,18). The number of halogens is 1. The molecule has 100 valence electrons. The number of hydrogen-bond donors (Lipinski definition) is 1. The first-order valence-corrected chi connectivity index (χ1v) is 6.77. The van der Waals surface area contributed by atoms with Crippen molar-refractivity contribution < 1.29 is 9.18 Å². The van der Waals surface area contributed by atoms with E-state index >= 15 is 0 Å². The number of aryl methyl sites for hydroxylation is 1. The minimum absolute atomic E-state index is 0.307. The van der Waals surface area contributed by atoms with E-state index in [1.54, 1.807) is 6.07 Å². The van der Waals surface area contributed by atoms with Crippen LogP contribution in [0.25, 0.3) is 0 Å². The molecule has 0 fully saturated rings. The molecule has 0 aliphatic rings. The molecule has 0 aliphatic heterocycles. The van der Waals surface area contributed by atoms with Gasteiger partial charge in [0, 0.05) is 16.6 Å². The summed E-state index contributed by atoms with van der Waals surface area (Å²) in [5, 5.41) is 5.64. The molecule has 2 rings (SSSR count). The van der Waals surface area contributed by atoms with Gasteiger partial charge in [0.1, 0.15) is 10.8 Å². The van der Waals surface area contributed by atoms with Crippen LogP contribution in [-0.4, -0.2) is 10.9 Å². The number of nitrogens with one attached hydrogen (secondary N) is 1. The summed E-state index contributed by atoms with van der Waals surface area (Å²) in [6, 6.07) is 5.64. The average molecular weight is 278 g/mol. The van der Waals surface area contributed by atoms with Gasteiger partial charge in [0.25, 0.3) is 5.91 Å². The van der Waals surface area contributed by atoms with E-state index in [0.717, 1.165) is 10.7 Å². The van der Waals surface area contributed by atoms with E-state index in [2.05, 4.69) is 10.3 Å². The highest BCUT2D eigenvalue weighted by Crippen LogP contribution is 2.24. The van der Waals surface area contributed by atoms with Crippen LogP contribution in [0.15, 0.2) is 29.6 Å². The summed E-state index contributed by atoms with van der Waals surface area (Å²) < 4.78 is 13.1. The molecule has 1 aromatic carbocycles. The minimum atomic E-state index is -0.581. The molecule has 1 N–H and O–H groups in total. The largest absolute Gasteiger partial charge is 0.341 e. The Labute approximate surface area is 115 Å². The van der Waals surface area contributed by atoms with Crippen molar-refractivity contribution in [3.63, 3.8) is 0 Å². The van der Waals surface area contributed by atoms with E-state index in [-0.39, 0.29) is 5.91 Å². The lowest BCUT2D eigenvalue weighted by atomic mass is 10.1. The van der Waals surface area contributed by atoms with Crippen LogP contribution >= 0.6 is 11.3 Å². The first kappa shape index (κ1) is 13.7. The molecule has 3 nitrogen and oxygen atoms in total. The van der Waals surface area contributed by atoms with Gasteiger partial charge in [0.05, 0.1) is 5.54 Å². The van der Waals surface area contributed by atoms with E-state index in [9.17, 15) is 9.18 Å². The molecule has 0 bridgehead atoms. The Morgan fingerprint density at radius 1 is 1.42 bits per heavy atom. The third-order valence-electron chi connectivity index (χ3n) is 2.67. The van der Waals surface area contributed by atoms with Crippen molar-refractivity contribution in [1.29, 1.82) is 0 Å². The molecule has 19 heavy (non-hydrogen) atoms. The molecule has 1 amide bonds. The van der Waals surface area contributed by atoms with Crippen LogP contribution in [0.5, 0.6) is 0 Å². The Morgan fingerprint density at radius 3 is 2.74 bits per heavy atom. The van der Waals surface area contributed by atoms with Gasteiger partial charge in [-0.25, -0.2) is 9.37 Å². The lowest BCUT2D eigenvalue weighted by molar-refractivity contribution is 0.0911. The summed E-state index contributed by atoms with van der Waals surface area (Å²) in [7, 11) is 0. The zero-order chi connectivity index (χ0) is 14.0. The van der Waals surface area contributed by atoms with Gasteiger partial charge in [-0.05, 0) is 39.0 Å². The zero-order valence-electron chi connectivity index (χ0n) is 11.0. The smallest absolute Gasteiger partial charge is 0.252 e. The van der Waals surface area contributed by atoms with Crippen LogP contribution in [0.1, 0.15) is 34.9 Å². The first-order valence-electron chi connectivity index (χ1n) is 5.89. The average Bonchev–Trinajstić information content (AvgIpc) is 2.76. The van der Waals surface area contributed by atoms with Crippen molar-refractivity contribution in [1.82, 2.24) is 10.3 Å². The molecule has 1 heterocycles. The van der Waals surface area contributed by atoms with Crippen molar-refractivity contribution in [2.24, 2.45) is 0 Å². The van der Waals surface area contributed by atoms with Gasteiger partial charge in [-0.15, -0.1) is 11.3 Å². The van der Waals surface area contributed by atoms with Crippen LogP contribution in [0.4, 0.5) is 4.39 Å². The van der Waals surface area contributed by atoms with Gasteiger partial charge in [0.15, 0.2) is 0 Å². The number of nitrogens with zero attached hydrogens (tertiary/aromatic N) is 1. The summed E-state index contributed by atoms with van der Waals surface area (Å²) in [4.78, 5) is 16.5. The molecule has 0 saturated heterocycles. The van der Waals surface area contributed by atoms with Crippen molar-refractivity contribution in [2.75, 3.05) is 0 Å². The van der Waals surface area contributed by atoms with Crippen molar-refractivity contribution in [2.45, 2.75) is 26.3 Å². The van der Waals surface area contributed by atoms with E-state index < -0.39 is 11.4 Å². The Kier molecular flexibility index (Phi) is 3.66. The van der Waals surface area contributed by atoms with Crippen molar-refractivity contribution >= 4 is 17.2 Å². The number of rotatable bonds is 3. The molecular formula is C14H15FN2OS. The van der Waals surface area contributed by atoms with E-state index in [0.29, 0.717) is 5.56 Å². The Hall–Kier alpha value is -1.75. The molecule has 0 unspecified atom stereocenters. The predicted molar refractivity (Wildman–Crippen MR) is 73.7 cm³/mol. The highest BCUT2D eigenvalue weighted by molar-refractivity contribution is 7.09. The summed E-state index contributed by atoms with van der Waals surface area (Å²) in [6.45, 7) is 5.66. The lowest BCUT2D eigenvalue weighted by Crippen LogP contribution is -2.41. The fourth-order valence-corrected chi connectivity index (χ4v) is 2.56. The first-order chi connectivity index (χ1) is 8.88. The predicted octanol–water partition coefficient (Wildman–Crippen LogP) is 3.26.